The van der Waals surface area contributed by atoms with Gasteiger partial charge in [0.05, 0.1) is 12.7 Å². The van der Waals surface area contributed by atoms with Crippen LogP contribution in [0, 0.1) is 17.2 Å². The van der Waals surface area contributed by atoms with Crippen molar-refractivity contribution in [3.05, 3.63) is 24.3 Å². The van der Waals surface area contributed by atoms with E-state index in [2.05, 4.69) is 11.4 Å². The molecule has 0 saturated carbocycles. The van der Waals surface area contributed by atoms with Gasteiger partial charge in [0.15, 0.2) is 17.6 Å². The molecular weight excluding hydrogens is 280 g/mol. The van der Waals surface area contributed by atoms with Crippen LogP contribution in [0.5, 0.6) is 11.5 Å². The van der Waals surface area contributed by atoms with Crippen molar-refractivity contribution in [3.63, 3.8) is 0 Å². The molecule has 0 aliphatic carbocycles. The van der Waals surface area contributed by atoms with Crippen molar-refractivity contribution in [2.24, 2.45) is 5.92 Å². The smallest absolute Gasteiger partial charge is 0.262 e. The van der Waals surface area contributed by atoms with Gasteiger partial charge in [0.2, 0.25) is 0 Å². The Morgan fingerprint density at radius 3 is 2.41 bits per heavy atom. The molecule has 0 aliphatic heterocycles. The van der Waals surface area contributed by atoms with E-state index in [0.717, 1.165) is 0 Å². The Bertz CT molecular complexity index is 551. The highest BCUT2D eigenvalue weighted by Gasteiger charge is 2.32. The molecule has 0 spiro atoms. The van der Waals surface area contributed by atoms with Gasteiger partial charge in [-0.2, -0.15) is 5.26 Å². The van der Waals surface area contributed by atoms with Gasteiger partial charge >= 0.3 is 0 Å². The molecule has 1 N–H and O–H groups in total. The number of carbonyl (C=O) groups excluding carboxylic acids is 1. The van der Waals surface area contributed by atoms with Crippen LogP contribution in [0.3, 0.4) is 0 Å². The van der Waals surface area contributed by atoms with Crippen LogP contribution in [0.15, 0.2) is 24.3 Å². The van der Waals surface area contributed by atoms with Crippen molar-refractivity contribution in [1.29, 1.82) is 5.26 Å². The number of nitrogens with zero attached hydrogens (tertiary/aromatic N) is 1. The molecule has 0 aliphatic rings. The predicted molar refractivity (Wildman–Crippen MR) is 84.7 cm³/mol. The van der Waals surface area contributed by atoms with E-state index in [0.29, 0.717) is 18.1 Å². The molecule has 0 saturated heterocycles. The molecule has 0 unspecified atom stereocenters. The third-order valence-electron chi connectivity index (χ3n) is 3.59. The molecule has 1 aromatic rings. The zero-order chi connectivity index (χ0) is 16.8. The van der Waals surface area contributed by atoms with E-state index in [1.165, 1.54) is 0 Å². The predicted octanol–water partition coefficient (Wildman–Crippen LogP) is 2.91. The second-order valence-electron chi connectivity index (χ2n) is 5.60. The zero-order valence-corrected chi connectivity index (χ0v) is 13.8. The summed E-state index contributed by atoms with van der Waals surface area (Å²) in [6.45, 7) is 9.53. The molecule has 0 fully saturated rings. The fraction of sp³-hybridized carbons (Fsp3) is 0.529. The van der Waals surface area contributed by atoms with Gasteiger partial charge in [0, 0.05) is 0 Å². The van der Waals surface area contributed by atoms with Crippen LogP contribution in [-0.2, 0) is 4.79 Å². The molecule has 0 radical (unpaired) electrons. The van der Waals surface area contributed by atoms with Crippen LogP contribution >= 0.6 is 0 Å². The highest BCUT2D eigenvalue weighted by molar-refractivity contribution is 5.82. The summed E-state index contributed by atoms with van der Waals surface area (Å²) < 4.78 is 11.2. The van der Waals surface area contributed by atoms with Gasteiger partial charge in [-0.3, -0.25) is 4.79 Å². The summed E-state index contributed by atoms with van der Waals surface area (Å²) >= 11 is 0. The number of para-hydroxylation sites is 2. The first-order chi connectivity index (χ1) is 10.3. The first kappa shape index (κ1) is 17.8. The molecule has 2 atom stereocenters. The van der Waals surface area contributed by atoms with Crippen molar-refractivity contribution in [3.8, 4) is 17.6 Å². The Balaban J connectivity index is 2.79. The largest absolute Gasteiger partial charge is 0.490 e. The Morgan fingerprint density at radius 2 is 1.91 bits per heavy atom. The Morgan fingerprint density at radius 1 is 1.32 bits per heavy atom. The fourth-order valence-electron chi connectivity index (χ4n) is 1.73. The molecule has 22 heavy (non-hydrogen) atoms. The molecule has 5 nitrogen and oxygen atoms in total. The molecule has 1 rings (SSSR count). The maximum atomic E-state index is 12.3. The number of rotatable bonds is 7. The Labute approximate surface area is 132 Å². The van der Waals surface area contributed by atoms with Gasteiger partial charge in [-0.05, 0) is 38.8 Å². The summed E-state index contributed by atoms with van der Waals surface area (Å²) in [7, 11) is 0. The van der Waals surface area contributed by atoms with Gasteiger partial charge in [0.1, 0.15) is 5.54 Å². The van der Waals surface area contributed by atoms with E-state index in [9.17, 15) is 10.1 Å². The van der Waals surface area contributed by atoms with E-state index in [1.807, 2.05) is 32.9 Å². The Kier molecular flexibility index (Phi) is 6.24. The normalized spacial score (nSPS) is 14.6. The number of amides is 1. The summed E-state index contributed by atoms with van der Waals surface area (Å²) in [6.07, 6.45) is -0.729. The van der Waals surface area contributed by atoms with Crippen molar-refractivity contribution < 1.29 is 14.3 Å². The number of hydrogen-bond acceptors (Lipinski definition) is 4. The lowest BCUT2D eigenvalue weighted by Crippen LogP contribution is -2.52. The standard InChI is InChI=1S/C17H24N2O3/c1-6-21-14-9-7-8-10-15(14)22-13(4)16(20)19-17(5,11-18)12(2)3/h7-10,12-13H,6H2,1-5H3,(H,19,20)/t13-,17+/m0/s1. The minimum atomic E-state index is -0.922. The van der Waals surface area contributed by atoms with Crippen LogP contribution in [0.4, 0.5) is 0 Å². The first-order valence-corrected chi connectivity index (χ1v) is 7.45. The second kappa shape index (κ2) is 7.69. The van der Waals surface area contributed by atoms with Crippen LogP contribution in [0.25, 0.3) is 0 Å². The van der Waals surface area contributed by atoms with E-state index < -0.39 is 11.6 Å². The van der Waals surface area contributed by atoms with Crippen LogP contribution < -0.4 is 14.8 Å². The van der Waals surface area contributed by atoms with Gasteiger partial charge < -0.3 is 14.8 Å². The van der Waals surface area contributed by atoms with E-state index in [4.69, 9.17) is 9.47 Å². The number of carbonyl (C=O) groups is 1. The van der Waals surface area contributed by atoms with Crippen molar-refractivity contribution in [2.45, 2.75) is 46.3 Å². The molecule has 5 heteroatoms. The lowest BCUT2D eigenvalue weighted by molar-refractivity contribution is -0.129. The molecule has 1 aromatic carbocycles. The summed E-state index contributed by atoms with van der Waals surface area (Å²) in [5.41, 5.74) is -0.922. The minimum Gasteiger partial charge on any atom is -0.490 e. The maximum absolute atomic E-state index is 12.3. The third kappa shape index (κ3) is 4.39. The molecule has 1 amide bonds. The van der Waals surface area contributed by atoms with Crippen LogP contribution in [0.1, 0.15) is 34.6 Å². The van der Waals surface area contributed by atoms with Gasteiger partial charge in [-0.15, -0.1) is 0 Å². The topological polar surface area (TPSA) is 71.3 Å². The van der Waals surface area contributed by atoms with Crippen molar-refractivity contribution >= 4 is 5.91 Å². The summed E-state index contributed by atoms with van der Waals surface area (Å²) in [4.78, 5) is 12.3. The average Bonchev–Trinajstić information content (AvgIpc) is 2.49. The highest BCUT2D eigenvalue weighted by Crippen LogP contribution is 2.27. The fourth-order valence-corrected chi connectivity index (χ4v) is 1.73. The number of ether oxygens (including phenoxy) is 2. The van der Waals surface area contributed by atoms with Gasteiger partial charge in [0.25, 0.3) is 5.91 Å². The second-order valence-corrected chi connectivity index (χ2v) is 5.60. The van der Waals surface area contributed by atoms with Gasteiger partial charge in [-0.1, -0.05) is 26.0 Å². The molecule has 0 heterocycles. The maximum Gasteiger partial charge on any atom is 0.262 e. The summed E-state index contributed by atoms with van der Waals surface area (Å²) in [5, 5.41) is 12.0. The zero-order valence-electron chi connectivity index (χ0n) is 13.8. The molecular formula is C17H24N2O3. The van der Waals surface area contributed by atoms with Crippen LogP contribution in [0.2, 0.25) is 0 Å². The summed E-state index contributed by atoms with van der Waals surface area (Å²) in [5.74, 6) is 0.764. The van der Waals surface area contributed by atoms with Gasteiger partial charge in [-0.25, -0.2) is 0 Å². The number of nitriles is 1. The lowest BCUT2D eigenvalue weighted by atomic mass is 9.90. The van der Waals surface area contributed by atoms with Crippen LogP contribution in [-0.4, -0.2) is 24.2 Å². The minimum absolute atomic E-state index is 0.00985. The summed E-state index contributed by atoms with van der Waals surface area (Å²) in [6, 6.07) is 9.34. The SMILES string of the molecule is CCOc1ccccc1O[C@@H](C)C(=O)N[C@](C)(C#N)C(C)C. The Hall–Kier alpha value is -2.22. The monoisotopic (exact) mass is 304 g/mol. The number of nitrogens with one attached hydrogen (secondary N) is 1. The average molecular weight is 304 g/mol. The first-order valence-electron chi connectivity index (χ1n) is 7.45. The quantitative estimate of drug-likeness (QED) is 0.840. The molecule has 120 valence electrons. The number of hydrogen-bond donors (Lipinski definition) is 1. The van der Waals surface area contributed by atoms with Crippen molar-refractivity contribution in [2.75, 3.05) is 6.61 Å². The lowest BCUT2D eigenvalue weighted by Gasteiger charge is -2.29. The van der Waals surface area contributed by atoms with E-state index in [-0.39, 0.29) is 11.8 Å². The molecule has 0 bridgehead atoms. The molecule has 0 aromatic heterocycles. The van der Waals surface area contributed by atoms with E-state index >= 15 is 0 Å². The van der Waals surface area contributed by atoms with E-state index in [1.54, 1.807) is 26.0 Å². The third-order valence-corrected chi connectivity index (χ3v) is 3.59. The van der Waals surface area contributed by atoms with Crippen molar-refractivity contribution in [1.82, 2.24) is 5.32 Å². The number of benzene rings is 1. The highest BCUT2D eigenvalue weighted by atomic mass is 16.5.